The third kappa shape index (κ3) is 8.67. The molecular weight excluding hydrogens is 1010 g/mol. The molecular formula is C80H64BN3. The molecule has 0 bridgehead atoms. The van der Waals surface area contributed by atoms with E-state index in [9.17, 15) is 0 Å². The molecule has 0 spiro atoms. The molecule has 0 aliphatic carbocycles. The van der Waals surface area contributed by atoms with Gasteiger partial charge in [-0.15, -0.1) is 0 Å². The van der Waals surface area contributed by atoms with Crippen LogP contribution in [0.2, 0.25) is 0 Å². The molecule has 15 rings (SSSR count). The molecule has 2 aliphatic rings. The molecule has 84 heavy (non-hydrogen) atoms. The SMILES string of the molecule is CCCCc1cc(-c2ccccc2)ccc1N1c2ccc(-c3ccccc3)cc2B2c3ccc(-n4c5ccccc5c5ccccc54)cc3N(c3c(-c4ccccc4)cc(-c4ccccc4)cc3-c3ccccc3)c3cc(C(C)(C)C)cc1c32. The second-order valence-electron chi connectivity index (χ2n) is 23.9. The first kappa shape index (κ1) is 51.0. The smallest absolute Gasteiger partial charge is 0.252 e. The summed E-state index contributed by atoms with van der Waals surface area (Å²) in [5.41, 5.74) is 28.7. The van der Waals surface area contributed by atoms with E-state index in [1.54, 1.807) is 0 Å². The van der Waals surface area contributed by atoms with Gasteiger partial charge in [0.05, 0.1) is 16.7 Å². The van der Waals surface area contributed by atoms with E-state index in [1.807, 2.05) is 0 Å². The fraction of sp³-hybridized carbons (Fsp3) is 0.100. The van der Waals surface area contributed by atoms with Crippen molar-refractivity contribution in [3.8, 4) is 61.3 Å². The number of rotatable bonds is 11. The predicted octanol–water partition coefficient (Wildman–Crippen LogP) is 19.8. The van der Waals surface area contributed by atoms with Crippen molar-refractivity contribution in [3.05, 3.63) is 290 Å². The minimum atomic E-state index is -0.231. The third-order valence-electron chi connectivity index (χ3n) is 17.7. The molecule has 13 aromatic rings. The van der Waals surface area contributed by atoms with Gasteiger partial charge in [-0.25, -0.2) is 0 Å². The number of aryl methyl sites for hydroxylation is 1. The highest BCUT2D eigenvalue weighted by atomic mass is 15.2. The first-order valence-corrected chi connectivity index (χ1v) is 29.9. The summed E-state index contributed by atoms with van der Waals surface area (Å²) in [5, 5.41) is 2.48. The fourth-order valence-electron chi connectivity index (χ4n) is 13.6. The fourth-order valence-corrected chi connectivity index (χ4v) is 13.6. The zero-order valence-corrected chi connectivity index (χ0v) is 48.1. The largest absolute Gasteiger partial charge is 0.311 e. The van der Waals surface area contributed by atoms with Crippen molar-refractivity contribution < 1.29 is 0 Å². The van der Waals surface area contributed by atoms with Crippen molar-refractivity contribution in [2.45, 2.75) is 52.4 Å². The summed E-state index contributed by atoms with van der Waals surface area (Å²) >= 11 is 0. The molecule has 0 atom stereocenters. The van der Waals surface area contributed by atoms with Gasteiger partial charge in [0.1, 0.15) is 0 Å². The van der Waals surface area contributed by atoms with E-state index in [0.29, 0.717) is 0 Å². The van der Waals surface area contributed by atoms with E-state index < -0.39 is 0 Å². The zero-order valence-electron chi connectivity index (χ0n) is 48.1. The first-order valence-electron chi connectivity index (χ1n) is 29.9. The molecule has 0 N–H and O–H groups in total. The minimum Gasteiger partial charge on any atom is -0.311 e. The van der Waals surface area contributed by atoms with Crippen LogP contribution in [-0.2, 0) is 11.8 Å². The Labute approximate surface area is 494 Å². The van der Waals surface area contributed by atoms with Crippen molar-refractivity contribution in [2.24, 2.45) is 0 Å². The molecule has 0 unspecified atom stereocenters. The zero-order chi connectivity index (χ0) is 56.5. The average Bonchev–Trinajstić information content (AvgIpc) is 0.808. The maximum absolute atomic E-state index is 2.71. The summed E-state index contributed by atoms with van der Waals surface area (Å²) in [6.45, 7) is 9.33. The van der Waals surface area contributed by atoms with Gasteiger partial charge in [0.25, 0.3) is 6.71 Å². The van der Waals surface area contributed by atoms with Crippen LogP contribution in [0.5, 0.6) is 0 Å². The van der Waals surface area contributed by atoms with Gasteiger partial charge in [-0.1, -0.05) is 246 Å². The van der Waals surface area contributed by atoms with Gasteiger partial charge in [-0.2, -0.15) is 0 Å². The first-order chi connectivity index (χ1) is 41.3. The highest BCUT2D eigenvalue weighted by Gasteiger charge is 2.46. The molecule has 0 saturated carbocycles. The normalized spacial score (nSPS) is 12.6. The molecule has 4 heteroatoms. The molecule has 3 nitrogen and oxygen atoms in total. The third-order valence-corrected chi connectivity index (χ3v) is 17.7. The summed E-state index contributed by atoms with van der Waals surface area (Å²) in [5.74, 6) is 0. The molecule has 0 fully saturated rings. The number of hydrogen-bond acceptors (Lipinski definition) is 2. The molecule has 2 aliphatic heterocycles. The number of benzene rings is 12. The molecule has 0 amide bonds. The Kier molecular flexibility index (Phi) is 12.6. The second-order valence-corrected chi connectivity index (χ2v) is 23.9. The lowest BCUT2D eigenvalue weighted by Gasteiger charge is -2.46. The van der Waals surface area contributed by atoms with Gasteiger partial charge in [0.15, 0.2) is 0 Å². The van der Waals surface area contributed by atoms with E-state index in [0.717, 1.165) is 58.6 Å². The van der Waals surface area contributed by atoms with Gasteiger partial charge in [-0.3, -0.25) is 0 Å². The molecule has 0 saturated heterocycles. The van der Waals surface area contributed by atoms with E-state index >= 15 is 0 Å². The van der Waals surface area contributed by atoms with Crippen molar-refractivity contribution in [3.63, 3.8) is 0 Å². The maximum Gasteiger partial charge on any atom is 0.252 e. The van der Waals surface area contributed by atoms with Crippen LogP contribution in [0.3, 0.4) is 0 Å². The topological polar surface area (TPSA) is 11.4 Å². The summed E-state index contributed by atoms with van der Waals surface area (Å²) in [6.07, 6.45) is 3.14. The summed E-state index contributed by atoms with van der Waals surface area (Å²) < 4.78 is 2.49. The minimum absolute atomic E-state index is 0.135. The Hall–Kier alpha value is -9.90. The van der Waals surface area contributed by atoms with E-state index in [-0.39, 0.29) is 12.1 Å². The highest BCUT2D eigenvalue weighted by Crippen LogP contribution is 2.53. The van der Waals surface area contributed by atoms with Gasteiger partial charge >= 0.3 is 0 Å². The number of unbranched alkanes of at least 4 members (excludes halogenated alkanes) is 1. The highest BCUT2D eigenvalue weighted by molar-refractivity contribution is 7.00. The van der Waals surface area contributed by atoms with Crippen LogP contribution < -0.4 is 26.2 Å². The molecule has 3 heterocycles. The lowest BCUT2D eigenvalue weighted by Crippen LogP contribution is -2.61. The van der Waals surface area contributed by atoms with Crippen LogP contribution in [0.4, 0.5) is 34.1 Å². The van der Waals surface area contributed by atoms with Crippen molar-refractivity contribution in [2.75, 3.05) is 9.80 Å². The lowest BCUT2D eigenvalue weighted by molar-refractivity contribution is 0.590. The second kappa shape index (κ2) is 20.8. The number of anilines is 6. The summed E-state index contributed by atoms with van der Waals surface area (Å²) in [6, 6.07) is 105. The van der Waals surface area contributed by atoms with E-state index in [1.165, 1.54) is 105 Å². The molecule has 12 aromatic carbocycles. The Balaban J connectivity index is 1.11. The number of aromatic nitrogens is 1. The Morgan fingerprint density at radius 3 is 1.37 bits per heavy atom. The number of fused-ring (bicyclic) bond motifs is 7. The number of para-hydroxylation sites is 2. The summed E-state index contributed by atoms with van der Waals surface area (Å²) in [7, 11) is 0. The van der Waals surface area contributed by atoms with E-state index in [4.69, 9.17) is 0 Å². The van der Waals surface area contributed by atoms with Crippen LogP contribution >= 0.6 is 0 Å². The Morgan fingerprint density at radius 2 is 0.833 bits per heavy atom. The van der Waals surface area contributed by atoms with Crippen LogP contribution in [0, 0.1) is 0 Å². The lowest BCUT2D eigenvalue weighted by atomic mass is 9.33. The van der Waals surface area contributed by atoms with Crippen molar-refractivity contribution in [1.29, 1.82) is 0 Å². The van der Waals surface area contributed by atoms with Crippen molar-refractivity contribution in [1.82, 2.24) is 4.57 Å². The number of hydrogen-bond donors (Lipinski definition) is 0. The Bertz CT molecular complexity index is 4500. The van der Waals surface area contributed by atoms with Gasteiger partial charge in [0.2, 0.25) is 0 Å². The Morgan fingerprint density at radius 1 is 0.357 bits per heavy atom. The van der Waals surface area contributed by atoms with Crippen LogP contribution in [0.25, 0.3) is 83.1 Å². The molecule has 0 radical (unpaired) electrons. The van der Waals surface area contributed by atoms with Crippen LogP contribution in [0.1, 0.15) is 51.7 Å². The maximum atomic E-state index is 2.71. The van der Waals surface area contributed by atoms with Gasteiger partial charge in [0, 0.05) is 56.0 Å². The summed E-state index contributed by atoms with van der Waals surface area (Å²) in [4.78, 5) is 5.37. The quantitative estimate of drug-likeness (QED) is 0.120. The van der Waals surface area contributed by atoms with Gasteiger partial charge < -0.3 is 14.4 Å². The average molecular weight is 1080 g/mol. The van der Waals surface area contributed by atoms with Crippen molar-refractivity contribution >= 4 is 79.0 Å². The molecule has 1 aromatic heterocycles. The molecule has 402 valence electrons. The van der Waals surface area contributed by atoms with Crippen LogP contribution in [0.15, 0.2) is 279 Å². The monoisotopic (exact) mass is 1080 g/mol. The standard InChI is InChI=1S/C80H64BN3/c1-5-6-26-61-47-59(54-27-12-7-13-28-54)41-45-71(61)83-74-46-42-60(55-29-14-8-15-30-55)50-70(74)81-69-44-43-64(82-72-39-24-22-37-65(72)66-38-23-25-40-73(66)82)53-75(69)84(77-52-63(80(2,3)4)51-76(83)78(77)81)79-67(57-33-18-10-19-34-57)48-62(56-31-16-9-17-32-56)49-68(79)58-35-20-11-21-36-58/h7-25,27-53H,5-6,26H2,1-4H3. The van der Waals surface area contributed by atoms with Crippen LogP contribution in [-0.4, -0.2) is 11.3 Å². The van der Waals surface area contributed by atoms with E-state index in [2.05, 4.69) is 321 Å². The predicted molar refractivity (Wildman–Crippen MR) is 359 cm³/mol. The van der Waals surface area contributed by atoms with Gasteiger partial charge in [-0.05, 0) is 157 Å². The number of nitrogens with zero attached hydrogens (tertiary/aromatic N) is 3.